The molecule has 26 heavy (non-hydrogen) atoms. The summed E-state index contributed by atoms with van der Waals surface area (Å²) in [5, 5.41) is 2.99. The number of halogens is 2. The Kier molecular flexibility index (Phi) is 6.71. The number of benzene rings is 1. The summed E-state index contributed by atoms with van der Waals surface area (Å²) < 4.78 is 26.6. The van der Waals surface area contributed by atoms with Crippen LogP contribution in [0.1, 0.15) is 50.3 Å². The number of aromatic nitrogens is 2. The molecule has 0 bridgehead atoms. The van der Waals surface area contributed by atoms with Crippen LogP contribution in [-0.2, 0) is 13.0 Å². The van der Waals surface area contributed by atoms with Crippen molar-refractivity contribution in [1.29, 1.82) is 0 Å². The van der Waals surface area contributed by atoms with E-state index in [1.165, 1.54) is 22.9 Å². The van der Waals surface area contributed by atoms with Crippen LogP contribution in [0, 0.1) is 5.92 Å². The minimum atomic E-state index is -2.68. The van der Waals surface area contributed by atoms with Crippen molar-refractivity contribution in [3.05, 3.63) is 53.6 Å². The molecule has 0 spiro atoms. The molecule has 0 aliphatic heterocycles. The molecule has 1 aromatic carbocycles. The maximum atomic E-state index is 12.9. The first-order valence-corrected chi connectivity index (χ1v) is 8.73. The highest BCUT2D eigenvalue weighted by molar-refractivity contribution is 5.74. The molecule has 1 N–H and O–H groups in total. The summed E-state index contributed by atoms with van der Waals surface area (Å²) in [7, 11) is 1.57. The number of alkyl halides is 2. The predicted octanol–water partition coefficient (Wildman–Crippen LogP) is 4.38. The van der Waals surface area contributed by atoms with Crippen LogP contribution in [-0.4, -0.2) is 27.5 Å². The van der Waals surface area contributed by atoms with Crippen molar-refractivity contribution in [3.63, 3.8) is 0 Å². The van der Waals surface area contributed by atoms with Gasteiger partial charge in [-0.05, 0) is 23.5 Å². The van der Waals surface area contributed by atoms with Crippen LogP contribution in [0.4, 0.5) is 13.6 Å². The van der Waals surface area contributed by atoms with Gasteiger partial charge in [0.25, 0.3) is 0 Å². The van der Waals surface area contributed by atoms with E-state index in [1.54, 1.807) is 7.05 Å². The third kappa shape index (κ3) is 4.80. The summed E-state index contributed by atoms with van der Waals surface area (Å²) in [4.78, 5) is 17.8. The molecule has 142 valence electrons. The number of carbonyl (C=O) groups excluding carboxylic acids is 1. The molecule has 0 radical (unpaired) electrons. The van der Waals surface area contributed by atoms with Gasteiger partial charge in [0, 0.05) is 19.4 Å². The van der Waals surface area contributed by atoms with Gasteiger partial charge in [-0.1, -0.05) is 45.0 Å². The van der Waals surface area contributed by atoms with E-state index in [-0.39, 0.29) is 30.4 Å². The summed E-state index contributed by atoms with van der Waals surface area (Å²) in [6.45, 7) is 3.48. The van der Waals surface area contributed by atoms with Gasteiger partial charge in [-0.3, -0.25) is 4.57 Å². The van der Waals surface area contributed by atoms with Gasteiger partial charge in [0.05, 0.1) is 12.6 Å². The highest BCUT2D eigenvalue weighted by atomic mass is 19.3. The lowest BCUT2D eigenvalue weighted by Gasteiger charge is -2.26. The zero-order valence-electron chi connectivity index (χ0n) is 15.6. The van der Waals surface area contributed by atoms with E-state index in [9.17, 15) is 13.6 Å². The number of nitrogens with zero attached hydrogens (tertiary/aromatic N) is 3. The first-order valence-electron chi connectivity index (χ1n) is 8.73. The maximum Gasteiger partial charge on any atom is 0.319 e. The number of carbonyl (C=O) groups is 1. The monoisotopic (exact) mass is 364 g/mol. The summed E-state index contributed by atoms with van der Waals surface area (Å²) >= 11 is 0. The third-order valence-corrected chi connectivity index (χ3v) is 4.38. The summed E-state index contributed by atoms with van der Waals surface area (Å²) in [5.74, 6) is 0.328. The molecular formula is C19H26F2N4O. The standard InChI is InChI=1S/C19H26F2N4O/c1-5-14-6-8-15(9-7-14)17(13(2)3)23-19(26)24(4)12-16-22-10-11-25(16)18(20)21/h6-11,13,17-18H,5,12H2,1-4H3,(H,23,26). The van der Waals surface area contributed by atoms with Crippen molar-refractivity contribution in [2.75, 3.05) is 7.05 Å². The summed E-state index contributed by atoms with van der Waals surface area (Å²) in [6, 6.07) is 7.67. The van der Waals surface area contributed by atoms with E-state index in [0.29, 0.717) is 0 Å². The number of imidazole rings is 1. The minimum absolute atomic E-state index is 0.00274. The SMILES string of the molecule is CCc1ccc(C(NC(=O)N(C)Cc2nccn2C(F)F)C(C)C)cc1. The van der Waals surface area contributed by atoms with Crippen molar-refractivity contribution < 1.29 is 13.6 Å². The van der Waals surface area contributed by atoms with Gasteiger partial charge in [0.15, 0.2) is 0 Å². The fourth-order valence-corrected chi connectivity index (χ4v) is 2.77. The first kappa shape index (κ1) is 19.9. The number of amides is 2. The lowest BCUT2D eigenvalue weighted by atomic mass is 9.95. The Morgan fingerprint density at radius 3 is 2.46 bits per heavy atom. The van der Waals surface area contributed by atoms with Crippen molar-refractivity contribution in [1.82, 2.24) is 19.8 Å². The van der Waals surface area contributed by atoms with Crippen LogP contribution in [0.2, 0.25) is 0 Å². The van der Waals surface area contributed by atoms with E-state index in [1.807, 2.05) is 26.0 Å². The molecule has 2 aromatic rings. The molecule has 0 aliphatic carbocycles. The largest absolute Gasteiger partial charge is 0.331 e. The zero-order chi connectivity index (χ0) is 19.3. The molecule has 7 heteroatoms. The minimum Gasteiger partial charge on any atom is -0.331 e. The maximum absolute atomic E-state index is 12.9. The van der Waals surface area contributed by atoms with Gasteiger partial charge in [-0.2, -0.15) is 8.78 Å². The molecule has 1 unspecified atom stereocenters. The third-order valence-electron chi connectivity index (χ3n) is 4.38. The lowest BCUT2D eigenvalue weighted by Crippen LogP contribution is -2.41. The molecule has 0 saturated heterocycles. The number of urea groups is 1. The Hall–Kier alpha value is -2.44. The van der Waals surface area contributed by atoms with Gasteiger partial charge in [0.1, 0.15) is 5.82 Å². The van der Waals surface area contributed by atoms with Crippen LogP contribution in [0.25, 0.3) is 0 Å². The lowest BCUT2D eigenvalue weighted by molar-refractivity contribution is 0.0650. The van der Waals surface area contributed by atoms with Crippen molar-refractivity contribution in [2.45, 2.75) is 46.3 Å². The second-order valence-corrected chi connectivity index (χ2v) is 6.65. The number of nitrogens with one attached hydrogen (secondary N) is 1. The number of hydrogen-bond acceptors (Lipinski definition) is 2. The quantitative estimate of drug-likeness (QED) is 0.793. The van der Waals surface area contributed by atoms with Crippen molar-refractivity contribution in [3.8, 4) is 0 Å². The van der Waals surface area contributed by atoms with Gasteiger partial charge in [-0.15, -0.1) is 0 Å². The van der Waals surface area contributed by atoms with Crippen LogP contribution >= 0.6 is 0 Å². The second kappa shape index (κ2) is 8.78. The topological polar surface area (TPSA) is 50.2 Å². The van der Waals surface area contributed by atoms with Crippen molar-refractivity contribution >= 4 is 6.03 Å². The predicted molar refractivity (Wildman–Crippen MR) is 96.9 cm³/mol. The van der Waals surface area contributed by atoms with Crippen LogP contribution in [0.3, 0.4) is 0 Å². The van der Waals surface area contributed by atoms with Crippen molar-refractivity contribution in [2.24, 2.45) is 5.92 Å². The highest BCUT2D eigenvalue weighted by Crippen LogP contribution is 2.23. The van der Waals surface area contributed by atoms with E-state index in [2.05, 4.69) is 29.4 Å². The highest BCUT2D eigenvalue weighted by Gasteiger charge is 2.22. The van der Waals surface area contributed by atoms with Gasteiger partial charge in [0.2, 0.25) is 0 Å². The van der Waals surface area contributed by atoms with E-state index in [4.69, 9.17) is 0 Å². The van der Waals surface area contributed by atoms with Gasteiger partial charge >= 0.3 is 12.6 Å². The molecule has 1 heterocycles. The summed E-state index contributed by atoms with van der Waals surface area (Å²) in [6.07, 6.45) is 3.47. The zero-order valence-corrected chi connectivity index (χ0v) is 15.6. The molecule has 1 aromatic heterocycles. The average molecular weight is 364 g/mol. The smallest absolute Gasteiger partial charge is 0.319 e. The van der Waals surface area contributed by atoms with Crippen LogP contribution in [0.15, 0.2) is 36.7 Å². The average Bonchev–Trinajstić information content (AvgIpc) is 3.07. The van der Waals surface area contributed by atoms with E-state index >= 15 is 0 Å². The summed E-state index contributed by atoms with van der Waals surface area (Å²) in [5.41, 5.74) is 2.26. The molecular weight excluding hydrogens is 338 g/mol. The molecule has 1 atom stereocenters. The molecule has 0 aliphatic rings. The molecule has 0 fully saturated rings. The Morgan fingerprint density at radius 2 is 1.92 bits per heavy atom. The fourth-order valence-electron chi connectivity index (χ4n) is 2.77. The Bertz CT molecular complexity index is 713. The Labute approximate surface area is 153 Å². The Balaban J connectivity index is 2.07. The molecule has 5 nitrogen and oxygen atoms in total. The van der Waals surface area contributed by atoms with Crippen LogP contribution in [0.5, 0.6) is 0 Å². The number of aryl methyl sites for hydroxylation is 1. The normalized spacial score (nSPS) is 12.5. The van der Waals surface area contributed by atoms with Crippen LogP contribution < -0.4 is 5.32 Å². The van der Waals surface area contributed by atoms with E-state index in [0.717, 1.165) is 16.6 Å². The number of hydrogen-bond donors (Lipinski definition) is 1. The number of rotatable bonds is 7. The van der Waals surface area contributed by atoms with E-state index < -0.39 is 6.55 Å². The van der Waals surface area contributed by atoms with Gasteiger partial charge < -0.3 is 10.2 Å². The molecule has 2 amide bonds. The fraction of sp³-hybridized carbons (Fsp3) is 0.474. The Morgan fingerprint density at radius 1 is 1.27 bits per heavy atom. The first-order chi connectivity index (χ1) is 12.3. The second-order valence-electron chi connectivity index (χ2n) is 6.65. The molecule has 0 saturated carbocycles. The molecule has 2 rings (SSSR count). The van der Waals surface area contributed by atoms with Gasteiger partial charge in [-0.25, -0.2) is 9.78 Å².